The summed E-state index contributed by atoms with van der Waals surface area (Å²) in [6.07, 6.45) is 13.4. The minimum atomic E-state index is -1.07. The van der Waals surface area contributed by atoms with Crippen LogP contribution in [0.25, 0.3) is 11.1 Å². The molecule has 5 aliphatic rings. The van der Waals surface area contributed by atoms with E-state index in [1.54, 1.807) is 13.8 Å². The molecule has 0 saturated heterocycles. The SMILES string of the molecule is CC(=O)C1CCC2C3CCC4CCCCC4(C)C3CCC12C.CC(C)C(NC(=O)OCC1c2ccccc2-c2ccccc21)C(=O)O. The molecule has 0 spiro atoms. The van der Waals surface area contributed by atoms with Gasteiger partial charge in [0.15, 0.2) is 0 Å². The Morgan fingerprint density at radius 1 is 0.830 bits per heavy atom. The number of carboxylic acids is 1. The van der Waals surface area contributed by atoms with Crippen LogP contribution >= 0.6 is 0 Å². The van der Waals surface area contributed by atoms with Crippen molar-refractivity contribution < 1.29 is 24.2 Å². The number of hydrogen-bond acceptors (Lipinski definition) is 4. The van der Waals surface area contributed by atoms with Gasteiger partial charge in [-0.3, -0.25) is 4.79 Å². The zero-order chi connectivity index (χ0) is 33.5. The summed E-state index contributed by atoms with van der Waals surface area (Å²) < 4.78 is 5.36. The third-order valence-corrected chi connectivity index (χ3v) is 13.6. The second-order valence-electron chi connectivity index (χ2n) is 16.2. The maximum atomic E-state index is 12.2. The molecule has 2 aromatic carbocycles. The summed E-state index contributed by atoms with van der Waals surface area (Å²) in [7, 11) is 0. The summed E-state index contributed by atoms with van der Waals surface area (Å²) in [6, 6.07) is 15.2. The van der Waals surface area contributed by atoms with Crippen LogP contribution in [0.4, 0.5) is 4.79 Å². The van der Waals surface area contributed by atoms with E-state index < -0.39 is 18.1 Å². The number of ketones is 1. The van der Waals surface area contributed by atoms with E-state index in [1.807, 2.05) is 43.3 Å². The van der Waals surface area contributed by atoms with Gasteiger partial charge in [-0.1, -0.05) is 89.1 Å². The van der Waals surface area contributed by atoms with Crippen molar-refractivity contribution in [3.05, 3.63) is 59.7 Å². The largest absolute Gasteiger partial charge is 0.480 e. The third kappa shape index (κ3) is 6.15. The first-order valence-electron chi connectivity index (χ1n) is 18.3. The molecule has 2 aromatic rings. The highest BCUT2D eigenvalue weighted by molar-refractivity contribution is 5.81. The summed E-state index contributed by atoms with van der Waals surface area (Å²) in [6.45, 7) is 10.6. The van der Waals surface area contributed by atoms with Crippen molar-refractivity contribution in [2.24, 2.45) is 46.3 Å². The highest BCUT2D eigenvalue weighted by Gasteiger charge is 2.60. The van der Waals surface area contributed by atoms with Crippen molar-refractivity contribution in [2.45, 2.75) is 111 Å². The van der Waals surface area contributed by atoms with Gasteiger partial charge in [-0.15, -0.1) is 0 Å². The number of fused-ring (bicyclic) bond motifs is 8. The van der Waals surface area contributed by atoms with E-state index in [0.29, 0.717) is 22.5 Å². The van der Waals surface area contributed by atoms with Crippen LogP contribution in [0.2, 0.25) is 0 Å². The Balaban J connectivity index is 0.000000165. The van der Waals surface area contributed by atoms with Crippen LogP contribution in [0.5, 0.6) is 0 Å². The zero-order valence-electron chi connectivity index (χ0n) is 29.1. The molecule has 2 N–H and O–H groups in total. The first kappa shape index (κ1) is 33.7. The number of rotatable bonds is 6. The Hall–Kier alpha value is -3.15. The Labute approximate surface area is 281 Å². The van der Waals surface area contributed by atoms with Crippen LogP contribution in [0.3, 0.4) is 0 Å². The summed E-state index contributed by atoms with van der Waals surface area (Å²) in [5.41, 5.74) is 5.52. The van der Waals surface area contributed by atoms with Gasteiger partial charge in [0, 0.05) is 11.8 Å². The molecule has 0 aromatic heterocycles. The Kier molecular flexibility index (Phi) is 9.62. The number of benzene rings is 2. The average molecular weight is 642 g/mol. The fourth-order valence-corrected chi connectivity index (χ4v) is 11.2. The topological polar surface area (TPSA) is 92.7 Å². The molecule has 5 aliphatic carbocycles. The van der Waals surface area contributed by atoms with Gasteiger partial charge in [-0.05, 0) is 121 Å². The number of carboxylic acid groups (broad SMARTS) is 1. The molecule has 0 bridgehead atoms. The Morgan fingerprint density at radius 2 is 1.47 bits per heavy atom. The van der Waals surface area contributed by atoms with E-state index in [9.17, 15) is 14.4 Å². The van der Waals surface area contributed by atoms with Crippen LogP contribution in [-0.4, -0.2) is 35.6 Å². The zero-order valence-corrected chi connectivity index (χ0v) is 29.1. The molecule has 0 radical (unpaired) electrons. The van der Waals surface area contributed by atoms with Gasteiger partial charge in [-0.2, -0.15) is 0 Å². The van der Waals surface area contributed by atoms with Crippen molar-refractivity contribution >= 4 is 17.8 Å². The standard InChI is InChI=1S/C21H34O.C20H21NO4/c1-14(22)17-9-10-18-16-8-7-15-6-4-5-12-20(15,2)19(16)11-13-21(17,18)3;1-12(2)18(19(22)23)21-20(24)25-11-17-15-9-5-3-7-13(15)14-8-4-6-10-16(14)17/h15-19H,4-13H2,1-3H3;3-10,12,17-18H,11H2,1-2H3,(H,21,24)(H,22,23). The summed E-state index contributed by atoms with van der Waals surface area (Å²) in [5.74, 6) is 3.27. The van der Waals surface area contributed by atoms with Gasteiger partial charge in [0.1, 0.15) is 18.4 Å². The molecule has 4 saturated carbocycles. The molecule has 47 heavy (non-hydrogen) atoms. The van der Waals surface area contributed by atoms with E-state index in [0.717, 1.165) is 45.9 Å². The van der Waals surface area contributed by atoms with E-state index in [4.69, 9.17) is 9.84 Å². The number of alkyl carbamates (subject to hydrolysis) is 1. The van der Waals surface area contributed by atoms with Gasteiger partial charge in [0.05, 0.1) is 0 Å². The normalized spacial score (nSPS) is 32.8. The molecule has 4 fully saturated rings. The molecule has 8 atom stereocenters. The number of carbonyl (C=O) groups is 3. The maximum Gasteiger partial charge on any atom is 0.407 e. The smallest absolute Gasteiger partial charge is 0.407 e. The lowest BCUT2D eigenvalue weighted by Crippen LogP contribution is -2.53. The van der Waals surface area contributed by atoms with Crippen LogP contribution in [-0.2, 0) is 14.3 Å². The quantitative estimate of drug-likeness (QED) is 0.328. The Bertz CT molecular complexity index is 1440. The van der Waals surface area contributed by atoms with Crippen LogP contribution in [0, 0.1) is 46.3 Å². The van der Waals surface area contributed by atoms with Gasteiger partial charge < -0.3 is 15.2 Å². The molecular formula is C41H55NO5. The number of amides is 1. The molecule has 254 valence electrons. The number of nitrogens with one attached hydrogen (secondary N) is 1. The number of Topliss-reactive ketones (excluding diaryl/α,β-unsaturated/α-hetero) is 1. The monoisotopic (exact) mass is 641 g/mol. The molecule has 0 aliphatic heterocycles. The van der Waals surface area contributed by atoms with Crippen molar-refractivity contribution in [1.29, 1.82) is 0 Å². The number of hydrogen-bond donors (Lipinski definition) is 2. The predicted octanol–water partition coefficient (Wildman–Crippen LogP) is 9.26. The number of aliphatic carboxylic acids is 1. The van der Waals surface area contributed by atoms with Gasteiger partial charge in [0.25, 0.3) is 0 Å². The second-order valence-corrected chi connectivity index (χ2v) is 16.2. The Morgan fingerprint density at radius 3 is 2.09 bits per heavy atom. The van der Waals surface area contributed by atoms with Gasteiger partial charge in [0.2, 0.25) is 0 Å². The average Bonchev–Trinajstić information content (AvgIpc) is 3.57. The predicted molar refractivity (Wildman–Crippen MR) is 185 cm³/mol. The fourth-order valence-electron chi connectivity index (χ4n) is 11.2. The van der Waals surface area contributed by atoms with Crippen molar-refractivity contribution in [3.8, 4) is 11.1 Å². The van der Waals surface area contributed by atoms with E-state index in [-0.39, 0.29) is 18.4 Å². The number of carbonyl (C=O) groups excluding carboxylic acids is 2. The summed E-state index contributed by atoms with van der Waals surface area (Å²) in [5, 5.41) is 11.6. The lowest BCUT2D eigenvalue weighted by atomic mass is 9.45. The van der Waals surface area contributed by atoms with Crippen molar-refractivity contribution in [1.82, 2.24) is 5.32 Å². The molecular weight excluding hydrogens is 586 g/mol. The highest BCUT2D eigenvalue weighted by Crippen LogP contribution is 2.67. The van der Waals surface area contributed by atoms with E-state index in [2.05, 4.69) is 31.3 Å². The minimum absolute atomic E-state index is 0.0412. The first-order valence-corrected chi connectivity index (χ1v) is 18.3. The van der Waals surface area contributed by atoms with Gasteiger partial charge in [-0.25, -0.2) is 9.59 Å². The van der Waals surface area contributed by atoms with E-state index in [1.165, 1.54) is 64.2 Å². The van der Waals surface area contributed by atoms with Crippen LogP contribution in [0.1, 0.15) is 116 Å². The minimum Gasteiger partial charge on any atom is -0.480 e. The first-order chi connectivity index (χ1) is 22.5. The molecule has 6 nitrogen and oxygen atoms in total. The second kappa shape index (κ2) is 13.4. The third-order valence-electron chi connectivity index (χ3n) is 13.6. The number of ether oxygens (including phenoxy) is 1. The molecule has 7 rings (SSSR count). The van der Waals surface area contributed by atoms with Crippen LogP contribution in [0.15, 0.2) is 48.5 Å². The molecule has 8 unspecified atom stereocenters. The van der Waals surface area contributed by atoms with Crippen LogP contribution < -0.4 is 5.32 Å². The highest BCUT2D eigenvalue weighted by atomic mass is 16.5. The van der Waals surface area contributed by atoms with Crippen molar-refractivity contribution in [2.75, 3.05) is 6.61 Å². The molecule has 0 heterocycles. The fraction of sp³-hybridized carbons (Fsp3) is 0.634. The lowest BCUT2D eigenvalue weighted by Gasteiger charge is -2.60. The van der Waals surface area contributed by atoms with Gasteiger partial charge >= 0.3 is 12.1 Å². The van der Waals surface area contributed by atoms with Crippen molar-refractivity contribution in [3.63, 3.8) is 0 Å². The van der Waals surface area contributed by atoms with E-state index >= 15 is 0 Å². The lowest BCUT2D eigenvalue weighted by molar-refractivity contribution is -0.140. The molecule has 1 amide bonds. The maximum absolute atomic E-state index is 12.2. The summed E-state index contributed by atoms with van der Waals surface area (Å²) >= 11 is 0. The summed E-state index contributed by atoms with van der Waals surface area (Å²) in [4.78, 5) is 35.4. The molecule has 6 heteroatoms.